The van der Waals surface area contributed by atoms with Gasteiger partial charge in [-0.1, -0.05) is 63.6 Å². The predicted octanol–water partition coefficient (Wildman–Crippen LogP) is 5.45. The molecule has 522 valence electrons. The average Bonchev–Trinajstić information content (AvgIpc) is 1.70. The molecule has 31 atom stereocenters. The van der Waals surface area contributed by atoms with Crippen molar-refractivity contribution in [1.82, 2.24) is 5.32 Å². The normalized spacial score (nSPS) is 48.0. The maximum atomic E-state index is 15.7. The minimum Gasteiger partial charge on any atom is -0.511 e. The van der Waals surface area contributed by atoms with E-state index in [-0.39, 0.29) is 63.4 Å². The Kier molecular flexibility index (Phi) is 21.7. The van der Waals surface area contributed by atoms with E-state index in [2.05, 4.69) is 25.2 Å². The maximum Gasteiger partial charge on any atom is 0.407 e. The number of esters is 1. The number of carbonyl (C=O) groups is 3. The first-order chi connectivity index (χ1) is 43.9. The van der Waals surface area contributed by atoms with Gasteiger partial charge in [0, 0.05) is 74.2 Å². The highest BCUT2D eigenvalue weighted by atomic mass is 16.8. The number of Topliss-reactive ketones (excluding diaryl/α,β-unsaturated/α-hetero) is 1. The van der Waals surface area contributed by atoms with Crippen molar-refractivity contribution < 1.29 is 112 Å². The Labute approximate surface area is 543 Å². The molecule has 7 fully saturated rings. The average molecular weight is 1320 g/mol. The van der Waals surface area contributed by atoms with Crippen LogP contribution in [0.5, 0.6) is 0 Å². The molecule has 6 saturated heterocycles. The molecule has 10 aliphatic rings. The number of aliphatic hydroxyl groups excluding tert-OH is 6. The SMILES string of the molecule is COC(=O)N[C@H]1[C@@H](C)O[C@@H](O[C@H]2CC=C(C)[C@@H]3C=C[C@@H]4[C@@H](O[C@H]5C[C@@H](O[C@H]6C[C@@H](O[C@H]7C[C@@H](O)[C@@H](O)[C@H](C)O7)[C@@H](O[C@@H]7C[C@@H](O)[C@@H](OC)[C@H](C)O7)[C@H](C)O6)[C@@H](O)[C@H](C)O5)[C@@H](C)C[C@H](C)[C@H]4[C@]3(C)C(O)=C3C(=O)OC4(C[C@@H](C)C(CO)=C[C@H]4C=C2C)C3=O)C[C@]1(C)[N+](=O)[O-]. The number of alkyl carbamates (subject to hydrolysis) is 1. The zero-order valence-electron chi connectivity index (χ0n) is 55.9. The van der Waals surface area contributed by atoms with Crippen LogP contribution in [0, 0.1) is 57.0 Å². The number of allylic oxidation sites excluding steroid dienone is 3. The molecule has 93 heavy (non-hydrogen) atoms. The topological polar surface area (TPSA) is 348 Å². The third-order valence-electron chi connectivity index (χ3n) is 22.3. The van der Waals surface area contributed by atoms with Crippen LogP contribution in [-0.4, -0.2) is 214 Å². The van der Waals surface area contributed by atoms with E-state index < -0.39 is 209 Å². The van der Waals surface area contributed by atoms with E-state index in [1.165, 1.54) is 14.0 Å². The van der Waals surface area contributed by atoms with Gasteiger partial charge >= 0.3 is 12.1 Å². The van der Waals surface area contributed by atoms with Crippen molar-refractivity contribution in [3.05, 3.63) is 68.5 Å². The van der Waals surface area contributed by atoms with Crippen molar-refractivity contribution in [2.24, 2.45) is 46.8 Å². The summed E-state index contributed by atoms with van der Waals surface area (Å²) in [6.07, 6.45) is -8.05. The van der Waals surface area contributed by atoms with Crippen LogP contribution in [0.3, 0.4) is 0 Å². The number of aliphatic hydroxyl groups is 6. The minimum absolute atomic E-state index is 0.00999. The van der Waals surface area contributed by atoms with Gasteiger partial charge < -0.3 is 97.5 Å². The van der Waals surface area contributed by atoms with Crippen LogP contribution in [0.2, 0.25) is 0 Å². The number of ether oxygens (including phenoxy) is 13. The second-order valence-electron chi connectivity index (χ2n) is 28.6. The van der Waals surface area contributed by atoms with Gasteiger partial charge in [-0.2, -0.15) is 0 Å². The first kappa shape index (κ1) is 71.4. The number of amides is 1. The molecule has 1 unspecified atom stereocenters. The second-order valence-corrected chi connectivity index (χ2v) is 28.6. The van der Waals surface area contributed by atoms with Crippen LogP contribution in [0.15, 0.2) is 58.4 Å². The smallest absolute Gasteiger partial charge is 0.407 e. The van der Waals surface area contributed by atoms with E-state index in [1.807, 2.05) is 32.9 Å². The summed E-state index contributed by atoms with van der Waals surface area (Å²) in [5, 5.41) is 83.6. The van der Waals surface area contributed by atoms with Crippen molar-refractivity contribution in [2.75, 3.05) is 20.8 Å². The van der Waals surface area contributed by atoms with E-state index in [1.54, 1.807) is 53.7 Å². The fraction of sp³-hybridized carbons (Fsp3) is 0.806. The van der Waals surface area contributed by atoms with Gasteiger partial charge in [0.15, 0.2) is 37.1 Å². The van der Waals surface area contributed by atoms with Crippen LogP contribution in [-0.2, 0) is 71.2 Å². The number of ketones is 1. The van der Waals surface area contributed by atoms with E-state index in [0.717, 1.165) is 12.7 Å². The highest BCUT2D eigenvalue weighted by Gasteiger charge is 2.64. The van der Waals surface area contributed by atoms with E-state index in [9.17, 15) is 50.3 Å². The molecule has 10 rings (SSSR count). The molecule has 26 heteroatoms. The third kappa shape index (κ3) is 13.7. The molecule has 1 saturated carbocycles. The number of methoxy groups -OCH3 is 2. The van der Waals surface area contributed by atoms with Gasteiger partial charge in [-0.25, -0.2) is 9.59 Å². The number of nitrogens with zero attached hydrogens (tertiary/aromatic N) is 1. The Bertz CT molecular complexity index is 2880. The van der Waals surface area contributed by atoms with Crippen LogP contribution in [0.25, 0.3) is 0 Å². The predicted molar refractivity (Wildman–Crippen MR) is 327 cm³/mol. The van der Waals surface area contributed by atoms with Gasteiger partial charge in [0.1, 0.15) is 41.8 Å². The van der Waals surface area contributed by atoms with Crippen LogP contribution >= 0.6 is 0 Å². The lowest BCUT2D eigenvalue weighted by Gasteiger charge is -2.56. The minimum atomic E-state index is -1.84. The van der Waals surface area contributed by atoms with Crippen molar-refractivity contribution in [1.29, 1.82) is 0 Å². The summed E-state index contributed by atoms with van der Waals surface area (Å²) in [7, 11) is 2.66. The molecule has 0 aromatic carbocycles. The van der Waals surface area contributed by atoms with Crippen molar-refractivity contribution in [3.63, 3.8) is 0 Å². The molecule has 7 N–H and O–H groups in total. The van der Waals surface area contributed by atoms with Crippen LogP contribution in [0.4, 0.5) is 4.79 Å². The van der Waals surface area contributed by atoms with Gasteiger partial charge in [-0.3, -0.25) is 14.9 Å². The molecule has 0 aromatic heterocycles. The van der Waals surface area contributed by atoms with Gasteiger partial charge in [0.25, 0.3) is 0 Å². The standard InChI is InChI=1S/C67H100N2O24/c1-29-15-18-45(88-52-27-65(11,69(79)80)60(38(10)87-52)68-64(78)82-14)30(2)20-40-21-39(28-70)33(5)26-67(40)62(76)53(63(77)93-67)61(75)66(12)42(29)17-16-41-54(66)31(3)19-32(4)57(41)91-51-24-46(56(74)35(7)84-51)89-50-25-47(90-48-22-43(71)55(73)34(6)83-48)59(37(9)86-50)92-49-23-44(72)58(81-13)36(8)85-49/h15-17,20-21,31-38,40-52,54-60,70-75H,18-19,22-28H2,1-14H3,(H,68,78)/t31-,32-,33+,34-,35-,36-,37-,38+,40+,41-,42-,43+,44+,45-,46+,47+,48-,49+,50-,51-,52-,54+,55-,56-,57-,58-,59-,60-,65-,66+,67?/m0/s1. The quantitative estimate of drug-likeness (QED) is 0.0373. The molecule has 1 spiro atoms. The zero-order chi connectivity index (χ0) is 67.7. The number of nitro groups is 1. The lowest BCUT2D eigenvalue weighted by Crippen LogP contribution is -2.65. The molecule has 26 nitrogen and oxygen atoms in total. The number of hydrogen-bond donors (Lipinski definition) is 7. The first-order valence-electron chi connectivity index (χ1n) is 33.2. The maximum absolute atomic E-state index is 15.7. The van der Waals surface area contributed by atoms with Gasteiger partial charge in [0.2, 0.25) is 11.3 Å². The Morgan fingerprint density at radius 1 is 0.688 bits per heavy atom. The lowest BCUT2D eigenvalue weighted by atomic mass is 9.49. The molecule has 0 radical (unpaired) electrons. The number of hydrogen-bond acceptors (Lipinski definition) is 24. The van der Waals surface area contributed by atoms with Crippen LogP contribution < -0.4 is 5.32 Å². The molecule has 0 aromatic rings. The van der Waals surface area contributed by atoms with Crippen molar-refractivity contribution in [3.8, 4) is 0 Å². The largest absolute Gasteiger partial charge is 0.511 e. The summed E-state index contributed by atoms with van der Waals surface area (Å²) in [6, 6.07) is -1.09. The number of carbonyl (C=O) groups excluding carboxylic acids is 3. The Morgan fingerprint density at radius 3 is 1.92 bits per heavy atom. The second kappa shape index (κ2) is 28.3. The van der Waals surface area contributed by atoms with Crippen molar-refractivity contribution in [2.45, 2.75) is 275 Å². The first-order valence-corrected chi connectivity index (χ1v) is 33.2. The Balaban J connectivity index is 0.943. The highest BCUT2D eigenvalue weighted by molar-refractivity contribution is 6.26. The monoisotopic (exact) mass is 1320 g/mol. The number of rotatable bonds is 14. The van der Waals surface area contributed by atoms with E-state index in [4.69, 9.17) is 61.6 Å². The highest BCUT2D eigenvalue weighted by Crippen LogP contribution is 2.61. The molecule has 2 bridgehead atoms. The summed E-state index contributed by atoms with van der Waals surface area (Å²) in [5.74, 6) is -5.33. The fourth-order valence-corrected chi connectivity index (χ4v) is 17.2. The van der Waals surface area contributed by atoms with E-state index in [0.29, 0.717) is 17.6 Å². The van der Waals surface area contributed by atoms with E-state index >= 15 is 4.79 Å². The molecule has 6 aliphatic heterocycles. The fourth-order valence-electron chi connectivity index (χ4n) is 17.2. The van der Waals surface area contributed by atoms with Gasteiger partial charge in [-0.05, 0) is 96.1 Å². The summed E-state index contributed by atoms with van der Waals surface area (Å²) in [4.78, 5) is 55.4. The summed E-state index contributed by atoms with van der Waals surface area (Å²) < 4.78 is 82.0. The molecular formula is C67H100N2O24. The van der Waals surface area contributed by atoms with Crippen molar-refractivity contribution >= 4 is 17.8 Å². The number of fused-ring (bicyclic) bond motifs is 4. The molecule has 4 aliphatic carbocycles. The molecule has 6 heterocycles. The van der Waals surface area contributed by atoms with Gasteiger partial charge in [0.05, 0.1) is 87.3 Å². The number of nitrogens with one attached hydrogen (secondary N) is 1. The third-order valence-corrected chi connectivity index (χ3v) is 22.3. The molecular weight excluding hydrogens is 1220 g/mol. The molecule has 1 amide bonds. The van der Waals surface area contributed by atoms with Crippen LogP contribution in [0.1, 0.15) is 134 Å². The lowest BCUT2D eigenvalue weighted by molar-refractivity contribution is -0.584. The zero-order valence-corrected chi connectivity index (χ0v) is 55.9. The summed E-state index contributed by atoms with van der Waals surface area (Å²) >= 11 is 0. The summed E-state index contributed by atoms with van der Waals surface area (Å²) in [5.41, 5.74) is -3.49. The Hall–Kier alpha value is -4.33. The van der Waals surface area contributed by atoms with Gasteiger partial charge in [-0.15, -0.1) is 0 Å². The summed E-state index contributed by atoms with van der Waals surface area (Å²) in [6.45, 7) is 21.2. The Morgan fingerprint density at radius 2 is 1.28 bits per heavy atom.